The second-order valence-electron chi connectivity index (χ2n) is 6.01. The van der Waals surface area contributed by atoms with Crippen molar-refractivity contribution in [1.29, 1.82) is 0 Å². The van der Waals surface area contributed by atoms with Gasteiger partial charge < -0.3 is 14.0 Å². The molecule has 0 bridgehead atoms. The third-order valence-corrected chi connectivity index (χ3v) is 3.96. The number of aromatic nitrogens is 3. The number of benzene rings is 1. The maximum Gasteiger partial charge on any atom is 0.257 e. The molecule has 0 unspecified atom stereocenters. The smallest absolute Gasteiger partial charge is 0.257 e. The SMILES string of the molecule is COc1cc(OC)c(Cc2noc(-c3cccc(C(C)C)c3)n2)cn1. The van der Waals surface area contributed by atoms with Crippen molar-refractivity contribution in [3.8, 4) is 23.1 Å². The molecule has 0 atom stereocenters. The minimum Gasteiger partial charge on any atom is -0.496 e. The average Bonchev–Trinajstić information content (AvgIpc) is 3.10. The molecule has 6 heteroatoms. The van der Waals surface area contributed by atoms with Crippen molar-refractivity contribution in [2.45, 2.75) is 26.2 Å². The minimum absolute atomic E-state index is 0.442. The second-order valence-corrected chi connectivity index (χ2v) is 6.01. The number of rotatable bonds is 6. The number of hydrogen-bond acceptors (Lipinski definition) is 6. The predicted molar refractivity (Wildman–Crippen MR) is 94.0 cm³/mol. The van der Waals surface area contributed by atoms with Crippen LogP contribution in [-0.4, -0.2) is 29.3 Å². The van der Waals surface area contributed by atoms with Gasteiger partial charge in [0.25, 0.3) is 5.89 Å². The highest BCUT2D eigenvalue weighted by atomic mass is 16.5. The van der Waals surface area contributed by atoms with E-state index < -0.39 is 0 Å². The van der Waals surface area contributed by atoms with Gasteiger partial charge in [0.1, 0.15) is 5.75 Å². The van der Waals surface area contributed by atoms with E-state index in [9.17, 15) is 0 Å². The quantitative estimate of drug-likeness (QED) is 0.679. The summed E-state index contributed by atoms with van der Waals surface area (Å²) in [5.74, 6) is 2.71. The Hall–Kier alpha value is -2.89. The van der Waals surface area contributed by atoms with Crippen molar-refractivity contribution in [3.63, 3.8) is 0 Å². The first-order valence-corrected chi connectivity index (χ1v) is 8.10. The van der Waals surface area contributed by atoms with E-state index in [0.717, 1.165) is 11.1 Å². The Morgan fingerprint density at radius 2 is 1.96 bits per heavy atom. The van der Waals surface area contributed by atoms with Crippen LogP contribution in [0, 0.1) is 0 Å². The maximum atomic E-state index is 5.43. The molecule has 0 radical (unpaired) electrons. The zero-order valence-electron chi connectivity index (χ0n) is 14.8. The number of nitrogens with zero attached hydrogens (tertiary/aromatic N) is 3. The topological polar surface area (TPSA) is 70.3 Å². The molecule has 3 aromatic rings. The summed E-state index contributed by atoms with van der Waals surface area (Å²) >= 11 is 0. The van der Waals surface area contributed by atoms with Gasteiger partial charge in [0.15, 0.2) is 5.82 Å². The summed E-state index contributed by atoms with van der Waals surface area (Å²) in [6, 6.07) is 9.89. The van der Waals surface area contributed by atoms with Crippen LogP contribution >= 0.6 is 0 Å². The fraction of sp³-hybridized carbons (Fsp3) is 0.316. The fourth-order valence-corrected chi connectivity index (χ4v) is 2.53. The molecule has 25 heavy (non-hydrogen) atoms. The van der Waals surface area contributed by atoms with Gasteiger partial charge in [0.05, 0.1) is 14.2 Å². The molecule has 2 aromatic heterocycles. The highest BCUT2D eigenvalue weighted by Gasteiger charge is 2.14. The van der Waals surface area contributed by atoms with Crippen LogP contribution in [0.15, 0.2) is 41.1 Å². The summed E-state index contributed by atoms with van der Waals surface area (Å²) < 4.78 is 15.9. The van der Waals surface area contributed by atoms with E-state index in [4.69, 9.17) is 14.0 Å². The van der Waals surface area contributed by atoms with Crippen molar-refractivity contribution >= 4 is 0 Å². The molecule has 6 nitrogen and oxygen atoms in total. The second kappa shape index (κ2) is 7.34. The van der Waals surface area contributed by atoms with Gasteiger partial charge in [-0.3, -0.25) is 0 Å². The van der Waals surface area contributed by atoms with E-state index in [2.05, 4.69) is 41.1 Å². The first kappa shape index (κ1) is 17.0. The van der Waals surface area contributed by atoms with E-state index in [1.807, 2.05) is 12.1 Å². The third kappa shape index (κ3) is 3.79. The fourth-order valence-electron chi connectivity index (χ4n) is 2.53. The molecule has 0 spiro atoms. The van der Waals surface area contributed by atoms with Gasteiger partial charge in [0.2, 0.25) is 5.88 Å². The third-order valence-electron chi connectivity index (χ3n) is 3.96. The summed E-state index contributed by atoms with van der Waals surface area (Å²) in [6.45, 7) is 4.31. The molecule has 0 saturated carbocycles. The zero-order chi connectivity index (χ0) is 17.8. The Morgan fingerprint density at radius 1 is 1.12 bits per heavy atom. The van der Waals surface area contributed by atoms with Crippen LogP contribution in [0.3, 0.4) is 0 Å². The van der Waals surface area contributed by atoms with Gasteiger partial charge in [-0.25, -0.2) is 4.98 Å². The van der Waals surface area contributed by atoms with Crippen LogP contribution in [0.25, 0.3) is 11.5 Å². The Bertz CT molecular complexity index is 859. The Balaban J connectivity index is 1.84. The van der Waals surface area contributed by atoms with Crippen LogP contribution in [-0.2, 0) is 6.42 Å². The highest BCUT2D eigenvalue weighted by Crippen LogP contribution is 2.26. The largest absolute Gasteiger partial charge is 0.496 e. The van der Waals surface area contributed by atoms with Crippen LogP contribution in [0.2, 0.25) is 0 Å². The summed E-state index contributed by atoms with van der Waals surface area (Å²) in [4.78, 5) is 8.71. The molecular formula is C19H21N3O3. The lowest BCUT2D eigenvalue weighted by atomic mass is 10.0. The monoisotopic (exact) mass is 339 g/mol. The molecule has 0 fully saturated rings. The van der Waals surface area contributed by atoms with Gasteiger partial charge in [-0.2, -0.15) is 4.98 Å². The van der Waals surface area contributed by atoms with E-state index in [0.29, 0.717) is 35.7 Å². The number of ether oxygens (including phenoxy) is 2. The summed E-state index contributed by atoms with van der Waals surface area (Å²) in [5, 5.41) is 4.08. The number of methoxy groups -OCH3 is 2. The van der Waals surface area contributed by atoms with Crippen LogP contribution in [0.4, 0.5) is 0 Å². The molecule has 2 heterocycles. The summed E-state index contributed by atoms with van der Waals surface area (Å²) in [6.07, 6.45) is 2.17. The van der Waals surface area contributed by atoms with Crippen molar-refractivity contribution in [3.05, 3.63) is 53.5 Å². The average molecular weight is 339 g/mol. The molecule has 0 aliphatic carbocycles. The summed E-state index contributed by atoms with van der Waals surface area (Å²) in [7, 11) is 3.18. The van der Waals surface area contributed by atoms with Gasteiger partial charge in [0, 0.05) is 29.8 Å². The van der Waals surface area contributed by atoms with Gasteiger partial charge >= 0.3 is 0 Å². The van der Waals surface area contributed by atoms with Crippen molar-refractivity contribution in [2.24, 2.45) is 0 Å². The maximum absolute atomic E-state index is 5.43. The molecule has 1 aromatic carbocycles. The predicted octanol–water partition coefficient (Wildman–Crippen LogP) is 3.86. The molecule has 130 valence electrons. The van der Waals surface area contributed by atoms with Crippen molar-refractivity contribution < 1.29 is 14.0 Å². The van der Waals surface area contributed by atoms with Crippen molar-refractivity contribution in [2.75, 3.05) is 14.2 Å². The van der Waals surface area contributed by atoms with E-state index in [1.54, 1.807) is 26.5 Å². The molecule has 0 amide bonds. The minimum atomic E-state index is 0.442. The lowest BCUT2D eigenvalue weighted by Crippen LogP contribution is -1.98. The first-order chi connectivity index (χ1) is 12.1. The first-order valence-electron chi connectivity index (χ1n) is 8.10. The van der Waals surface area contributed by atoms with Crippen molar-refractivity contribution in [1.82, 2.24) is 15.1 Å². The number of pyridine rings is 1. The van der Waals surface area contributed by atoms with Crippen LogP contribution in [0.1, 0.15) is 36.7 Å². The molecule has 0 aliphatic heterocycles. The zero-order valence-corrected chi connectivity index (χ0v) is 14.8. The highest BCUT2D eigenvalue weighted by molar-refractivity contribution is 5.54. The Morgan fingerprint density at radius 3 is 2.68 bits per heavy atom. The van der Waals surface area contributed by atoms with Crippen LogP contribution < -0.4 is 9.47 Å². The standard InChI is InChI=1S/C19H21N3O3/c1-12(2)13-6-5-7-14(8-13)19-21-17(22-25-19)9-15-11-20-18(24-4)10-16(15)23-3/h5-8,10-12H,9H2,1-4H3. The molecular weight excluding hydrogens is 318 g/mol. The normalized spacial score (nSPS) is 10.9. The lowest BCUT2D eigenvalue weighted by Gasteiger charge is -2.07. The summed E-state index contributed by atoms with van der Waals surface area (Å²) in [5.41, 5.74) is 3.02. The van der Waals surface area contributed by atoms with E-state index >= 15 is 0 Å². The molecule has 0 saturated heterocycles. The molecule has 0 aliphatic rings. The van der Waals surface area contributed by atoms with Gasteiger partial charge in [-0.1, -0.05) is 31.1 Å². The lowest BCUT2D eigenvalue weighted by molar-refractivity contribution is 0.379. The van der Waals surface area contributed by atoms with Gasteiger partial charge in [-0.15, -0.1) is 0 Å². The van der Waals surface area contributed by atoms with E-state index in [1.165, 1.54) is 5.56 Å². The van der Waals surface area contributed by atoms with E-state index in [-0.39, 0.29) is 0 Å². The van der Waals surface area contributed by atoms with Gasteiger partial charge in [-0.05, 0) is 23.6 Å². The molecule has 3 rings (SSSR count). The van der Waals surface area contributed by atoms with Crippen LogP contribution in [0.5, 0.6) is 11.6 Å². The molecule has 0 N–H and O–H groups in total. The Kier molecular flexibility index (Phi) is 4.97. The number of hydrogen-bond donors (Lipinski definition) is 0. The Labute approximate surface area is 146 Å².